The van der Waals surface area contributed by atoms with Crippen LogP contribution in [0.4, 0.5) is 5.69 Å². The molecule has 1 amide bonds. The molecule has 21 heavy (non-hydrogen) atoms. The summed E-state index contributed by atoms with van der Waals surface area (Å²) in [5, 5.41) is 3.03. The van der Waals surface area contributed by atoms with E-state index in [9.17, 15) is 9.00 Å². The molecule has 2 rings (SSSR count). The molecule has 0 heterocycles. The molecule has 1 aromatic rings. The average molecular weight is 308 g/mol. The van der Waals surface area contributed by atoms with Crippen LogP contribution in [0.25, 0.3) is 0 Å². The van der Waals surface area contributed by atoms with Gasteiger partial charge in [0.2, 0.25) is 5.91 Å². The number of anilines is 1. The fourth-order valence-corrected chi connectivity index (χ4v) is 3.92. The van der Waals surface area contributed by atoms with Gasteiger partial charge in [-0.25, -0.2) is 0 Å². The predicted octanol–water partition coefficient (Wildman–Crippen LogP) is 2.52. The van der Waals surface area contributed by atoms with Crippen molar-refractivity contribution in [3.05, 3.63) is 23.8 Å². The van der Waals surface area contributed by atoms with Crippen LogP contribution in [0.3, 0.4) is 0 Å². The van der Waals surface area contributed by atoms with Crippen LogP contribution in [0.15, 0.2) is 23.1 Å². The molecular formula is C16H24N2O2S. The van der Waals surface area contributed by atoms with Crippen LogP contribution in [0.2, 0.25) is 0 Å². The van der Waals surface area contributed by atoms with Crippen molar-refractivity contribution in [3.63, 3.8) is 0 Å². The SMILES string of the molecule is Cc1ccc(N)cc1S(=O)CC(=O)NC1CCCCCC1. The number of aryl methyl sites for hydroxylation is 1. The Bertz CT molecular complexity index is 523. The third kappa shape index (κ3) is 4.84. The van der Waals surface area contributed by atoms with Gasteiger partial charge >= 0.3 is 0 Å². The van der Waals surface area contributed by atoms with E-state index in [0.29, 0.717) is 10.6 Å². The number of hydrogen-bond acceptors (Lipinski definition) is 3. The van der Waals surface area contributed by atoms with Gasteiger partial charge in [0.25, 0.3) is 0 Å². The van der Waals surface area contributed by atoms with Crippen LogP contribution in [-0.4, -0.2) is 21.9 Å². The topological polar surface area (TPSA) is 72.2 Å². The summed E-state index contributed by atoms with van der Waals surface area (Å²) in [5.41, 5.74) is 7.21. The van der Waals surface area contributed by atoms with E-state index in [-0.39, 0.29) is 17.7 Å². The van der Waals surface area contributed by atoms with E-state index in [4.69, 9.17) is 5.73 Å². The second-order valence-electron chi connectivity index (χ2n) is 5.77. The Morgan fingerprint density at radius 2 is 1.95 bits per heavy atom. The number of rotatable bonds is 4. The third-order valence-corrected chi connectivity index (χ3v) is 5.39. The van der Waals surface area contributed by atoms with E-state index in [0.717, 1.165) is 18.4 Å². The van der Waals surface area contributed by atoms with Crippen molar-refractivity contribution in [1.82, 2.24) is 5.32 Å². The highest BCUT2D eigenvalue weighted by molar-refractivity contribution is 7.85. The first kappa shape index (κ1) is 16.0. The van der Waals surface area contributed by atoms with Gasteiger partial charge in [-0.1, -0.05) is 31.7 Å². The molecule has 0 radical (unpaired) electrons. The van der Waals surface area contributed by atoms with Gasteiger partial charge in [0.1, 0.15) is 5.75 Å². The molecule has 1 aliphatic carbocycles. The predicted molar refractivity (Wildman–Crippen MR) is 86.5 cm³/mol. The molecule has 116 valence electrons. The number of benzene rings is 1. The lowest BCUT2D eigenvalue weighted by molar-refractivity contribution is -0.119. The number of amides is 1. The Morgan fingerprint density at radius 1 is 1.29 bits per heavy atom. The number of carbonyl (C=O) groups excluding carboxylic acids is 1. The maximum atomic E-state index is 12.3. The molecule has 1 fully saturated rings. The van der Waals surface area contributed by atoms with E-state index >= 15 is 0 Å². The smallest absolute Gasteiger partial charge is 0.233 e. The number of nitrogen functional groups attached to an aromatic ring is 1. The summed E-state index contributed by atoms with van der Waals surface area (Å²) in [6, 6.07) is 5.57. The average Bonchev–Trinajstić information content (AvgIpc) is 2.70. The number of nitrogens with two attached hydrogens (primary N) is 1. The summed E-state index contributed by atoms with van der Waals surface area (Å²) in [5.74, 6) is -0.108. The molecule has 5 heteroatoms. The highest BCUT2D eigenvalue weighted by Crippen LogP contribution is 2.18. The van der Waals surface area contributed by atoms with E-state index in [1.807, 2.05) is 13.0 Å². The number of carbonyl (C=O) groups is 1. The van der Waals surface area contributed by atoms with E-state index < -0.39 is 10.8 Å². The molecule has 0 aliphatic heterocycles. The minimum absolute atomic E-state index is 0.0147. The highest BCUT2D eigenvalue weighted by atomic mass is 32.2. The summed E-state index contributed by atoms with van der Waals surface area (Å²) in [4.78, 5) is 12.7. The Kier molecular flexibility index (Phi) is 5.79. The maximum absolute atomic E-state index is 12.3. The molecule has 0 aromatic heterocycles. The van der Waals surface area contributed by atoms with Crippen molar-refractivity contribution in [2.45, 2.75) is 56.4 Å². The lowest BCUT2D eigenvalue weighted by atomic mass is 10.1. The first-order valence-electron chi connectivity index (χ1n) is 7.60. The lowest BCUT2D eigenvalue weighted by Gasteiger charge is -2.16. The summed E-state index contributed by atoms with van der Waals surface area (Å²) >= 11 is 0. The van der Waals surface area contributed by atoms with Crippen molar-refractivity contribution in [2.24, 2.45) is 0 Å². The fourth-order valence-electron chi connectivity index (χ4n) is 2.75. The van der Waals surface area contributed by atoms with Crippen molar-refractivity contribution >= 4 is 22.4 Å². The van der Waals surface area contributed by atoms with Crippen molar-refractivity contribution < 1.29 is 9.00 Å². The van der Waals surface area contributed by atoms with Crippen LogP contribution < -0.4 is 11.1 Å². The third-order valence-electron chi connectivity index (χ3n) is 3.94. The molecule has 1 unspecified atom stereocenters. The van der Waals surface area contributed by atoms with Crippen LogP contribution in [0.5, 0.6) is 0 Å². The Morgan fingerprint density at radius 3 is 2.62 bits per heavy atom. The van der Waals surface area contributed by atoms with Crippen LogP contribution in [0.1, 0.15) is 44.1 Å². The van der Waals surface area contributed by atoms with Gasteiger partial charge in [-0.3, -0.25) is 9.00 Å². The molecule has 1 aromatic carbocycles. The van der Waals surface area contributed by atoms with Gasteiger partial charge in [-0.05, 0) is 37.5 Å². The van der Waals surface area contributed by atoms with Crippen molar-refractivity contribution in [2.75, 3.05) is 11.5 Å². The summed E-state index contributed by atoms with van der Waals surface area (Å²) < 4.78 is 12.3. The summed E-state index contributed by atoms with van der Waals surface area (Å²) in [7, 11) is -1.34. The molecular weight excluding hydrogens is 284 g/mol. The zero-order valence-corrected chi connectivity index (χ0v) is 13.4. The van der Waals surface area contributed by atoms with Crippen LogP contribution >= 0.6 is 0 Å². The number of nitrogens with one attached hydrogen (secondary N) is 1. The minimum atomic E-state index is -1.34. The van der Waals surface area contributed by atoms with Gasteiger partial charge in [0.05, 0.1) is 10.8 Å². The van der Waals surface area contributed by atoms with Gasteiger partial charge in [-0.15, -0.1) is 0 Å². The van der Waals surface area contributed by atoms with Gasteiger partial charge < -0.3 is 11.1 Å². The Labute approximate surface area is 129 Å². The molecule has 1 atom stereocenters. The quantitative estimate of drug-likeness (QED) is 0.663. The maximum Gasteiger partial charge on any atom is 0.233 e. The fraction of sp³-hybridized carbons (Fsp3) is 0.562. The largest absolute Gasteiger partial charge is 0.399 e. The Hall–Kier alpha value is -1.36. The van der Waals surface area contributed by atoms with Gasteiger partial charge in [0, 0.05) is 16.6 Å². The standard InChI is InChI=1S/C16H24N2O2S/c1-12-8-9-13(17)10-15(12)21(20)11-16(19)18-14-6-4-2-3-5-7-14/h8-10,14H,2-7,11,17H2,1H3,(H,18,19). The zero-order valence-electron chi connectivity index (χ0n) is 12.6. The molecule has 0 saturated heterocycles. The first-order chi connectivity index (χ1) is 10.1. The molecule has 0 bridgehead atoms. The van der Waals surface area contributed by atoms with Gasteiger partial charge in [0.15, 0.2) is 0 Å². The summed E-state index contributed by atoms with van der Waals surface area (Å²) in [6.07, 6.45) is 6.91. The summed E-state index contributed by atoms with van der Waals surface area (Å²) in [6.45, 7) is 1.88. The van der Waals surface area contributed by atoms with Crippen LogP contribution in [-0.2, 0) is 15.6 Å². The molecule has 4 nitrogen and oxygen atoms in total. The lowest BCUT2D eigenvalue weighted by Crippen LogP contribution is -2.37. The molecule has 1 saturated carbocycles. The normalized spacial score (nSPS) is 18.0. The van der Waals surface area contributed by atoms with E-state index in [2.05, 4.69) is 5.32 Å². The highest BCUT2D eigenvalue weighted by Gasteiger charge is 2.17. The molecule has 1 aliphatic rings. The zero-order chi connectivity index (χ0) is 15.2. The second-order valence-corrected chi connectivity index (χ2v) is 7.19. The molecule has 3 N–H and O–H groups in total. The van der Waals surface area contributed by atoms with E-state index in [1.165, 1.54) is 25.7 Å². The van der Waals surface area contributed by atoms with E-state index in [1.54, 1.807) is 12.1 Å². The van der Waals surface area contributed by atoms with Crippen LogP contribution in [0, 0.1) is 6.92 Å². The Balaban J connectivity index is 1.92. The molecule has 0 spiro atoms. The monoisotopic (exact) mass is 308 g/mol. The first-order valence-corrected chi connectivity index (χ1v) is 8.92. The van der Waals surface area contributed by atoms with Crippen molar-refractivity contribution in [3.8, 4) is 0 Å². The van der Waals surface area contributed by atoms with Crippen molar-refractivity contribution in [1.29, 1.82) is 0 Å². The number of hydrogen-bond donors (Lipinski definition) is 2. The minimum Gasteiger partial charge on any atom is -0.399 e. The van der Waals surface area contributed by atoms with Gasteiger partial charge in [-0.2, -0.15) is 0 Å². The second kappa shape index (κ2) is 7.59.